The Morgan fingerprint density at radius 3 is 2.29 bits per heavy atom. The fourth-order valence-electron chi connectivity index (χ4n) is 2.10. The van der Waals surface area contributed by atoms with E-state index in [0.717, 1.165) is 12.3 Å². The molecule has 24 heavy (non-hydrogen) atoms. The molecule has 136 valence electrons. The van der Waals surface area contributed by atoms with Gasteiger partial charge in [-0.3, -0.25) is 4.79 Å². The number of carboxylic acids is 1. The highest BCUT2D eigenvalue weighted by Gasteiger charge is 2.28. The van der Waals surface area contributed by atoms with E-state index in [0.29, 0.717) is 0 Å². The summed E-state index contributed by atoms with van der Waals surface area (Å²) in [6, 6.07) is 2.47. The summed E-state index contributed by atoms with van der Waals surface area (Å²) in [5.74, 6) is -1.86. The summed E-state index contributed by atoms with van der Waals surface area (Å²) >= 11 is 5.82. The number of hydrogen-bond donors (Lipinski definition) is 2. The molecule has 0 saturated carbocycles. The SMILES string of the molecule is CC(C)C[C@H](NS(=O)(=O)c1cc(Cl)ccc1CS(C)(=O)=O)C(=O)O. The van der Waals surface area contributed by atoms with Gasteiger partial charge in [0.1, 0.15) is 6.04 Å². The highest BCUT2D eigenvalue weighted by atomic mass is 35.5. The van der Waals surface area contributed by atoms with E-state index in [1.165, 1.54) is 12.1 Å². The van der Waals surface area contributed by atoms with E-state index in [4.69, 9.17) is 11.6 Å². The van der Waals surface area contributed by atoms with Gasteiger partial charge in [-0.15, -0.1) is 0 Å². The zero-order valence-corrected chi connectivity index (χ0v) is 15.9. The minimum atomic E-state index is -4.26. The number of halogens is 1. The van der Waals surface area contributed by atoms with E-state index in [1.807, 2.05) is 0 Å². The van der Waals surface area contributed by atoms with Crippen molar-refractivity contribution in [3.63, 3.8) is 0 Å². The number of hydrogen-bond acceptors (Lipinski definition) is 5. The molecule has 1 aromatic carbocycles. The summed E-state index contributed by atoms with van der Waals surface area (Å²) in [6.45, 7) is 3.53. The van der Waals surface area contributed by atoms with E-state index >= 15 is 0 Å². The number of sulfone groups is 1. The average Bonchev–Trinajstić information content (AvgIpc) is 2.37. The van der Waals surface area contributed by atoms with Crippen LogP contribution in [-0.4, -0.2) is 40.2 Å². The van der Waals surface area contributed by atoms with Crippen molar-refractivity contribution in [1.29, 1.82) is 0 Å². The second-order valence-electron chi connectivity index (χ2n) is 5.96. The first kappa shape index (κ1) is 20.9. The third kappa shape index (κ3) is 6.39. The molecule has 0 spiro atoms. The number of carboxylic acid groups (broad SMARTS) is 1. The maximum atomic E-state index is 12.6. The van der Waals surface area contributed by atoms with Crippen LogP contribution in [0.2, 0.25) is 5.02 Å². The molecule has 0 heterocycles. The van der Waals surface area contributed by atoms with Crippen LogP contribution in [0.3, 0.4) is 0 Å². The van der Waals surface area contributed by atoms with E-state index in [2.05, 4.69) is 4.72 Å². The smallest absolute Gasteiger partial charge is 0.321 e. The number of carbonyl (C=O) groups is 1. The second kappa shape index (κ2) is 7.81. The fraction of sp³-hybridized carbons (Fsp3) is 0.500. The predicted molar refractivity (Wildman–Crippen MR) is 91.2 cm³/mol. The molecule has 0 aliphatic heterocycles. The van der Waals surface area contributed by atoms with Gasteiger partial charge in [0.2, 0.25) is 10.0 Å². The summed E-state index contributed by atoms with van der Waals surface area (Å²) < 4.78 is 50.2. The molecule has 7 nitrogen and oxygen atoms in total. The lowest BCUT2D eigenvalue weighted by Crippen LogP contribution is -2.41. The van der Waals surface area contributed by atoms with Crippen LogP contribution in [0, 0.1) is 5.92 Å². The molecule has 0 amide bonds. The lowest BCUT2D eigenvalue weighted by Gasteiger charge is -2.18. The predicted octanol–water partition coefficient (Wildman–Crippen LogP) is 1.66. The Balaban J connectivity index is 3.31. The van der Waals surface area contributed by atoms with Crippen LogP contribution in [0.25, 0.3) is 0 Å². The van der Waals surface area contributed by atoms with E-state index in [-0.39, 0.29) is 27.8 Å². The molecule has 1 rings (SSSR count). The van der Waals surface area contributed by atoms with Crippen LogP contribution >= 0.6 is 11.6 Å². The molecule has 0 aromatic heterocycles. The minimum absolute atomic E-state index is 0.0306. The van der Waals surface area contributed by atoms with Gasteiger partial charge in [0.05, 0.1) is 10.6 Å². The molecular formula is C14H20ClNO6S2. The maximum Gasteiger partial charge on any atom is 0.321 e. The summed E-state index contributed by atoms with van der Waals surface area (Å²) in [4.78, 5) is 10.9. The second-order valence-corrected chi connectivity index (χ2v) is 10.2. The van der Waals surface area contributed by atoms with Gasteiger partial charge in [0.15, 0.2) is 9.84 Å². The molecule has 0 unspecified atom stereocenters. The van der Waals surface area contributed by atoms with Crippen LogP contribution in [0.4, 0.5) is 0 Å². The topological polar surface area (TPSA) is 118 Å². The number of rotatable bonds is 8. The van der Waals surface area contributed by atoms with Crippen LogP contribution < -0.4 is 4.72 Å². The van der Waals surface area contributed by atoms with E-state index in [1.54, 1.807) is 13.8 Å². The Morgan fingerprint density at radius 2 is 1.83 bits per heavy atom. The van der Waals surface area contributed by atoms with Crippen molar-refractivity contribution in [3.8, 4) is 0 Å². The molecule has 0 bridgehead atoms. The van der Waals surface area contributed by atoms with Crippen molar-refractivity contribution in [2.75, 3.05) is 6.26 Å². The maximum absolute atomic E-state index is 12.6. The standard InChI is InChI=1S/C14H20ClNO6S2/c1-9(2)6-12(14(17)18)16-24(21,22)13-7-11(15)5-4-10(13)8-23(3,19)20/h4-5,7,9,12,16H,6,8H2,1-3H3,(H,17,18)/t12-/m0/s1. The van der Waals surface area contributed by atoms with E-state index < -0.39 is 37.6 Å². The molecule has 2 N–H and O–H groups in total. The summed E-state index contributed by atoms with van der Waals surface area (Å²) in [5, 5.41) is 9.29. The van der Waals surface area contributed by atoms with Gasteiger partial charge in [-0.25, -0.2) is 16.8 Å². The highest BCUT2D eigenvalue weighted by molar-refractivity contribution is 7.90. The average molecular weight is 398 g/mol. The molecular weight excluding hydrogens is 378 g/mol. The molecule has 10 heteroatoms. The first-order chi connectivity index (χ1) is 10.8. The first-order valence-electron chi connectivity index (χ1n) is 7.03. The van der Waals surface area contributed by atoms with Gasteiger partial charge in [0, 0.05) is 11.3 Å². The van der Waals surface area contributed by atoms with Crippen LogP contribution in [0.15, 0.2) is 23.1 Å². The molecule has 0 fully saturated rings. The number of nitrogens with one attached hydrogen (secondary N) is 1. The third-order valence-electron chi connectivity index (χ3n) is 3.04. The summed E-state index contributed by atoms with van der Waals surface area (Å²) in [5.41, 5.74) is 0.0306. The summed E-state index contributed by atoms with van der Waals surface area (Å²) in [7, 11) is -7.74. The monoisotopic (exact) mass is 397 g/mol. The zero-order chi connectivity index (χ0) is 18.7. The Hall–Kier alpha value is -1.16. The van der Waals surface area contributed by atoms with Crippen molar-refractivity contribution in [1.82, 2.24) is 4.72 Å². The molecule has 1 aromatic rings. The highest BCUT2D eigenvalue weighted by Crippen LogP contribution is 2.23. The lowest BCUT2D eigenvalue weighted by atomic mass is 10.1. The number of aliphatic carboxylic acids is 1. The zero-order valence-electron chi connectivity index (χ0n) is 13.5. The van der Waals surface area contributed by atoms with Crippen molar-refractivity contribution >= 4 is 37.4 Å². The molecule has 0 radical (unpaired) electrons. The Bertz CT molecular complexity index is 818. The number of benzene rings is 1. The number of sulfonamides is 1. The Morgan fingerprint density at radius 1 is 1.25 bits per heavy atom. The van der Waals surface area contributed by atoms with Gasteiger partial charge in [-0.2, -0.15) is 4.72 Å². The van der Waals surface area contributed by atoms with Crippen molar-refractivity contribution in [2.24, 2.45) is 5.92 Å². The van der Waals surface area contributed by atoms with Gasteiger partial charge in [-0.1, -0.05) is 31.5 Å². The minimum Gasteiger partial charge on any atom is -0.480 e. The lowest BCUT2D eigenvalue weighted by molar-refractivity contribution is -0.139. The molecule has 0 aliphatic carbocycles. The van der Waals surface area contributed by atoms with Gasteiger partial charge in [0.25, 0.3) is 0 Å². The first-order valence-corrected chi connectivity index (χ1v) is 11.0. The Labute approximate surface area is 147 Å². The third-order valence-corrected chi connectivity index (χ3v) is 5.66. The van der Waals surface area contributed by atoms with Crippen molar-refractivity contribution in [3.05, 3.63) is 28.8 Å². The molecule has 0 saturated heterocycles. The van der Waals surface area contributed by atoms with Crippen LogP contribution in [-0.2, 0) is 30.4 Å². The summed E-state index contributed by atoms with van der Waals surface area (Å²) in [6.07, 6.45) is 1.07. The van der Waals surface area contributed by atoms with Gasteiger partial charge >= 0.3 is 5.97 Å². The fourth-order valence-corrected chi connectivity index (χ4v) is 4.71. The van der Waals surface area contributed by atoms with Gasteiger partial charge in [-0.05, 0) is 30.0 Å². The Kier molecular flexibility index (Phi) is 6.80. The van der Waals surface area contributed by atoms with Crippen molar-refractivity contribution in [2.45, 2.75) is 37.0 Å². The largest absolute Gasteiger partial charge is 0.480 e. The normalized spacial score (nSPS) is 13.9. The molecule has 0 aliphatic rings. The van der Waals surface area contributed by atoms with Crippen LogP contribution in [0.5, 0.6) is 0 Å². The van der Waals surface area contributed by atoms with Gasteiger partial charge < -0.3 is 5.11 Å². The molecule has 1 atom stereocenters. The van der Waals surface area contributed by atoms with Crippen LogP contribution in [0.1, 0.15) is 25.8 Å². The quantitative estimate of drug-likeness (QED) is 0.688. The van der Waals surface area contributed by atoms with E-state index in [9.17, 15) is 26.7 Å². The van der Waals surface area contributed by atoms with Crippen molar-refractivity contribution < 1.29 is 26.7 Å².